The highest BCUT2D eigenvalue weighted by Gasteiger charge is 2.13. The Labute approximate surface area is 125 Å². The first kappa shape index (κ1) is 13.7. The average molecular weight is 304 g/mol. The second kappa shape index (κ2) is 5.61. The molecule has 0 radical (unpaired) electrons. The van der Waals surface area contributed by atoms with Gasteiger partial charge in [-0.15, -0.1) is 11.3 Å². The summed E-state index contributed by atoms with van der Waals surface area (Å²) in [6, 6.07) is 3.35. The summed E-state index contributed by atoms with van der Waals surface area (Å²) in [5.41, 5.74) is 1.86. The molecule has 0 atom stereocenters. The zero-order valence-electron chi connectivity index (χ0n) is 11.9. The van der Waals surface area contributed by atoms with E-state index < -0.39 is 0 Å². The minimum Gasteiger partial charge on any atom is -0.480 e. The summed E-state index contributed by atoms with van der Waals surface area (Å²) in [7, 11) is 1.62. The largest absolute Gasteiger partial charge is 0.480 e. The summed E-state index contributed by atoms with van der Waals surface area (Å²) in [6.07, 6.45) is 3.79. The lowest BCUT2D eigenvalue weighted by Crippen LogP contribution is -2.18. The summed E-state index contributed by atoms with van der Waals surface area (Å²) in [5.74, 6) is 0.623. The third-order valence-corrected chi connectivity index (χ3v) is 4.06. The summed E-state index contributed by atoms with van der Waals surface area (Å²) < 4.78 is 8.99. The van der Waals surface area contributed by atoms with Gasteiger partial charge in [0, 0.05) is 30.4 Å². The second-order valence-corrected chi connectivity index (χ2v) is 5.39. The van der Waals surface area contributed by atoms with Crippen molar-refractivity contribution in [3.8, 4) is 5.88 Å². The van der Waals surface area contributed by atoms with Crippen molar-refractivity contribution in [3.05, 3.63) is 46.0 Å². The third kappa shape index (κ3) is 2.52. The van der Waals surface area contributed by atoms with Crippen LogP contribution in [-0.4, -0.2) is 21.1 Å². The fraction of sp³-hybridized carbons (Fsp3) is 0.286. The number of fused-ring (bicyclic) bond motifs is 1. The quantitative estimate of drug-likeness (QED) is 0.785. The van der Waals surface area contributed by atoms with Gasteiger partial charge in [0.2, 0.25) is 5.88 Å². The van der Waals surface area contributed by atoms with E-state index in [0.717, 1.165) is 16.3 Å². The zero-order chi connectivity index (χ0) is 14.8. The van der Waals surface area contributed by atoms with Gasteiger partial charge in [0.15, 0.2) is 4.96 Å². The van der Waals surface area contributed by atoms with Crippen molar-refractivity contribution in [1.82, 2.24) is 14.0 Å². The van der Waals surface area contributed by atoms with Crippen LogP contribution in [0.1, 0.15) is 12.6 Å². The number of nitrogens with one attached hydrogen (secondary N) is 1. The predicted octanol–water partition coefficient (Wildman–Crippen LogP) is 2.20. The minimum absolute atomic E-state index is 0.00482. The third-order valence-electron chi connectivity index (χ3n) is 3.30. The number of hydrogen-bond acceptors (Lipinski definition) is 5. The van der Waals surface area contributed by atoms with Gasteiger partial charge in [0.1, 0.15) is 5.69 Å². The Morgan fingerprint density at radius 1 is 1.43 bits per heavy atom. The Balaban J connectivity index is 1.86. The number of aryl methyl sites for hydroxylation is 1. The molecular formula is C14H16N4O2S. The molecule has 21 heavy (non-hydrogen) atoms. The molecule has 0 amide bonds. The normalized spacial score (nSPS) is 11.0. The Kier molecular flexibility index (Phi) is 3.66. The van der Waals surface area contributed by atoms with E-state index in [9.17, 15) is 4.79 Å². The van der Waals surface area contributed by atoms with Crippen LogP contribution in [0.15, 0.2) is 34.7 Å². The molecule has 110 valence electrons. The Hall–Kier alpha value is -2.28. The maximum absolute atomic E-state index is 11.6. The molecule has 0 saturated carbocycles. The van der Waals surface area contributed by atoms with Gasteiger partial charge in [0.25, 0.3) is 5.56 Å². The summed E-state index contributed by atoms with van der Waals surface area (Å²) in [5, 5.41) is 5.30. The molecule has 6 nitrogen and oxygen atoms in total. The molecule has 7 heteroatoms. The maximum Gasteiger partial charge on any atom is 0.250 e. The van der Waals surface area contributed by atoms with Crippen LogP contribution in [0.4, 0.5) is 5.69 Å². The first-order valence-corrected chi connectivity index (χ1v) is 7.53. The van der Waals surface area contributed by atoms with E-state index in [-0.39, 0.29) is 5.56 Å². The van der Waals surface area contributed by atoms with Crippen LogP contribution in [0.3, 0.4) is 0 Å². The van der Waals surface area contributed by atoms with Crippen molar-refractivity contribution in [2.45, 2.75) is 20.0 Å². The molecule has 0 unspecified atom stereocenters. The van der Waals surface area contributed by atoms with Gasteiger partial charge >= 0.3 is 0 Å². The van der Waals surface area contributed by atoms with Crippen LogP contribution < -0.4 is 15.6 Å². The summed E-state index contributed by atoms with van der Waals surface area (Å²) >= 11 is 1.57. The van der Waals surface area contributed by atoms with Gasteiger partial charge < -0.3 is 14.6 Å². The van der Waals surface area contributed by atoms with Gasteiger partial charge in [-0.05, 0) is 13.0 Å². The number of ether oxygens (including phenoxy) is 1. The molecule has 3 heterocycles. The van der Waals surface area contributed by atoms with Crippen LogP contribution in [0.2, 0.25) is 0 Å². The fourth-order valence-electron chi connectivity index (χ4n) is 2.21. The van der Waals surface area contributed by atoms with E-state index in [1.165, 1.54) is 0 Å². The van der Waals surface area contributed by atoms with E-state index in [4.69, 9.17) is 4.74 Å². The lowest BCUT2D eigenvalue weighted by Gasteiger charge is -2.09. The molecule has 0 aliphatic heterocycles. The van der Waals surface area contributed by atoms with Crippen LogP contribution in [-0.2, 0) is 13.1 Å². The zero-order valence-corrected chi connectivity index (χ0v) is 12.7. The number of nitrogens with zero attached hydrogens (tertiary/aromatic N) is 3. The molecule has 0 aliphatic carbocycles. The molecule has 0 spiro atoms. The maximum atomic E-state index is 11.6. The number of methoxy groups -OCH3 is 1. The Bertz CT molecular complexity index is 818. The van der Waals surface area contributed by atoms with Crippen molar-refractivity contribution < 1.29 is 4.74 Å². The second-order valence-electron chi connectivity index (χ2n) is 4.52. The smallest absolute Gasteiger partial charge is 0.250 e. The van der Waals surface area contributed by atoms with Crippen molar-refractivity contribution in [3.63, 3.8) is 0 Å². The van der Waals surface area contributed by atoms with E-state index in [1.54, 1.807) is 35.1 Å². The van der Waals surface area contributed by atoms with Gasteiger partial charge in [-0.25, -0.2) is 0 Å². The van der Waals surface area contributed by atoms with Gasteiger partial charge in [0.05, 0.1) is 19.3 Å². The lowest BCUT2D eigenvalue weighted by molar-refractivity contribution is 0.395. The molecule has 0 fully saturated rings. The van der Waals surface area contributed by atoms with Crippen molar-refractivity contribution in [2.24, 2.45) is 0 Å². The average Bonchev–Trinajstić information content (AvgIpc) is 3.07. The number of pyridine rings is 1. The van der Waals surface area contributed by atoms with E-state index in [1.807, 2.05) is 29.1 Å². The van der Waals surface area contributed by atoms with Gasteiger partial charge in [-0.1, -0.05) is 0 Å². The number of aromatic nitrogens is 3. The first-order chi connectivity index (χ1) is 10.2. The van der Waals surface area contributed by atoms with Crippen LogP contribution >= 0.6 is 11.3 Å². The van der Waals surface area contributed by atoms with E-state index in [2.05, 4.69) is 10.3 Å². The van der Waals surface area contributed by atoms with Crippen molar-refractivity contribution in [1.29, 1.82) is 0 Å². The van der Waals surface area contributed by atoms with Crippen LogP contribution in [0.5, 0.6) is 5.88 Å². The standard InChI is InChI=1S/C14H16N4O2S/c1-3-17-9-10(4-5-12(17)19)15-8-11-13(20-2)16-14-18(11)6-7-21-14/h4-7,9,15H,3,8H2,1-2H3. The molecule has 0 aliphatic rings. The summed E-state index contributed by atoms with van der Waals surface area (Å²) in [6.45, 7) is 3.17. The molecule has 0 saturated heterocycles. The predicted molar refractivity (Wildman–Crippen MR) is 83.3 cm³/mol. The minimum atomic E-state index is 0.00482. The highest BCUT2D eigenvalue weighted by Crippen LogP contribution is 2.23. The topological polar surface area (TPSA) is 60.6 Å². The van der Waals surface area contributed by atoms with Gasteiger partial charge in [-0.2, -0.15) is 4.98 Å². The fourth-order valence-corrected chi connectivity index (χ4v) is 2.93. The number of imidazole rings is 1. The molecule has 3 aromatic heterocycles. The number of hydrogen-bond donors (Lipinski definition) is 1. The SMILES string of the molecule is CCn1cc(NCc2c(OC)nc3sccn23)ccc1=O. The summed E-state index contributed by atoms with van der Waals surface area (Å²) in [4.78, 5) is 16.9. The molecule has 3 aromatic rings. The Morgan fingerprint density at radius 3 is 3.05 bits per heavy atom. The van der Waals surface area contributed by atoms with Crippen LogP contribution in [0, 0.1) is 0 Å². The van der Waals surface area contributed by atoms with Crippen molar-refractivity contribution in [2.75, 3.05) is 12.4 Å². The Morgan fingerprint density at radius 2 is 2.29 bits per heavy atom. The molecule has 3 rings (SSSR count). The monoisotopic (exact) mass is 304 g/mol. The lowest BCUT2D eigenvalue weighted by atomic mass is 10.3. The van der Waals surface area contributed by atoms with E-state index >= 15 is 0 Å². The number of rotatable bonds is 5. The van der Waals surface area contributed by atoms with Crippen molar-refractivity contribution >= 4 is 22.0 Å². The molecule has 0 bridgehead atoms. The highest BCUT2D eigenvalue weighted by molar-refractivity contribution is 7.15. The molecule has 0 aromatic carbocycles. The molecular weight excluding hydrogens is 288 g/mol. The molecule has 1 N–H and O–H groups in total. The highest BCUT2D eigenvalue weighted by atomic mass is 32.1. The number of thiazole rings is 1. The first-order valence-electron chi connectivity index (χ1n) is 6.65. The van der Waals surface area contributed by atoms with Gasteiger partial charge in [-0.3, -0.25) is 9.20 Å². The number of anilines is 1. The van der Waals surface area contributed by atoms with E-state index in [0.29, 0.717) is 19.0 Å². The van der Waals surface area contributed by atoms with Crippen LogP contribution in [0.25, 0.3) is 4.96 Å².